The number of amides is 1. The van der Waals surface area contributed by atoms with Crippen molar-refractivity contribution >= 4 is 15.9 Å². The van der Waals surface area contributed by atoms with Gasteiger partial charge < -0.3 is 10.6 Å². The highest BCUT2D eigenvalue weighted by Gasteiger charge is 2.29. The molecule has 0 aliphatic heterocycles. The van der Waals surface area contributed by atoms with Crippen LogP contribution in [0, 0.1) is 0 Å². The smallest absolute Gasteiger partial charge is 0.241 e. The molecule has 7 heteroatoms. The lowest BCUT2D eigenvalue weighted by atomic mass is 9.99. The third kappa shape index (κ3) is 5.30. The first-order valence-electron chi connectivity index (χ1n) is 7.61. The van der Waals surface area contributed by atoms with Gasteiger partial charge in [-0.25, -0.2) is 13.1 Å². The van der Waals surface area contributed by atoms with Crippen molar-refractivity contribution in [1.29, 1.82) is 0 Å². The summed E-state index contributed by atoms with van der Waals surface area (Å²) >= 11 is 0. The molecule has 6 nitrogen and oxygen atoms in total. The second-order valence-corrected chi connectivity index (χ2v) is 8.28. The summed E-state index contributed by atoms with van der Waals surface area (Å²) in [6, 6.07) is 7.33. The minimum Gasteiger partial charge on any atom is -0.348 e. The number of hydrogen-bond acceptors (Lipinski definition) is 4. The lowest BCUT2D eigenvalue weighted by Crippen LogP contribution is -2.44. The molecular weight excluding hydrogens is 314 g/mol. The zero-order valence-electron chi connectivity index (χ0n) is 14.4. The van der Waals surface area contributed by atoms with Gasteiger partial charge in [-0.15, -0.1) is 0 Å². The van der Waals surface area contributed by atoms with Crippen LogP contribution in [-0.2, 0) is 14.8 Å². The summed E-state index contributed by atoms with van der Waals surface area (Å²) in [4.78, 5) is 13.0. The standard InChI is InChI=1S/C16H27N3O3S/c1-11(2)13-6-8-14(9-7-13)15(17)10-18-23(21,22)12(3)16(20)19(4)5/h6-9,11-12,15,18H,10,17H2,1-5H3. The second-order valence-electron chi connectivity index (χ2n) is 6.20. The van der Waals surface area contributed by atoms with E-state index in [2.05, 4.69) is 18.6 Å². The number of benzene rings is 1. The van der Waals surface area contributed by atoms with Gasteiger partial charge in [0.2, 0.25) is 15.9 Å². The fourth-order valence-corrected chi connectivity index (χ4v) is 3.21. The van der Waals surface area contributed by atoms with Crippen LogP contribution in [0.2, 0.25) is 0 Å². The van der Waals surface area contributed by atoms with E-state index >= 15 is 0 Å². The van der Waals surface area contributed by atoms with Crippen LogP contribution >= 0.6 is 0 Å². The average Bonchev–Trinajstić information content (AvgIpc) is 2.51. The summed E-state index contributed by atoms with van der Waals surface area (Å²) in [5.41, 5.74) is 8.09. The van der Waals surface area contributed by atoms with Gasteiger partial charge in [-0.2, -0.15) is 0 Å². The second kappa shape index (κ2) is 7.90. The summed E-state index contributed by atoms with van der Waals surface area (Å²) in [5.74, 6) is -0.0379. The van der Waals surface area contributed by atoms with E-state index < -0.39 is 27.2 Å². The van der Waals surface area contributed by atoms with Crippen LogP contribution in [0.1, 0.15) is 43.9 Å². The van der Waals surface area contributed by atoms with Gasteiger partial charge in [0.05, 0.1) is 0 Å². The maximum atomic E-state index is 12.1. The van der Waals surface area contributed by atoms with E-state index in [0.717, 1.165) is 5.56 Å². The summed E-state index contributed by atoms with van der Waals surface area (Å²) in [7, 11) is -0.702. The molecule has 0 heterocycles. The van der Waals surface area contributed by atoms with Crippen LogP contribution in [0.25, 0.3) is 0 Å². The lowest BCUT2D eigenvalue weighted by molar-refractivity contribution is -0.127. The molecule has 3 N–H and O–H groups in total. The van der Waals surface area contributed by atoms with E-state index in [1.165, 1.54) is 31.5 Å². The number of carbonyl (C=O) groups is 1. The van der Waals surface area contributed by atoms with Gasteiger partial charge in [-0.05, 0) is 24.0 Å². The van der Waals surface area contributed by atoms with Crippen molar-refractivity contribution in [3.63, 3.8) is 0 Å². The first-order chi connectivity index (χ1) is 10.6. The highest BCUT2D eigenvalue weighted by molar-refractivity contribution is 7.90. The van der Waals surface area contributed by atoms with Crippen molar-refractivity contribution in [1.82, 2.24) is 9.62 Å². The van der Waals surface area contributed by atoms with Gasteiger partial charge in [0.25, 0.3) is 0 Å². The van der Waals surface area contributed by atoms with Gasteiger partial charge in [-0.1, -0.05) is 38.1 Å². The Kier molecular flexibility index (Phi) is 6.73. The third-order valence-electron chi connectivity index (χ3n) is 3.79. The van der Waals surface area contributed by atoms with Crippen LogP contribution in [0.15, 0.2) is 24.3 Å². The Morgan fingerprint density at radius 2 is 1.61 bits per heavy atom. The van der Waals surface area contributed by atoms with E-state index in [9.17, 15) is 13.2 Å². The number of carbonyl (C=O) groups excluding carboxylic acids is 1. The van der Waals surface area contributed by atoms with Crippen molar-refractivity contribution in [3.8, 4) is 0 Å². The fraction of sp³-hybridized carbons (Fsp3) is 0.562. The molecule has 0 saturated heterocycles. The monoisotopic (exact) mass is 341 g/mol. The molecule has 1 amide bonds. The molecule has 0 aromatic heterocycles. The Bertz CT molecular complexity index is 624. The van der Waals surface area contributed by atoms with Crippen molar-refractivity contribution in [3.05, 3.63) is 35.4 Å². The number of nitrogens with two attached hydrogens (primary N) is 1. The summed E-state index contributed by atoms with van der Waals surface area (Å²) < 4.78 is 26.7. The molecule has 0 aliphatic carbocycles. The Labute approximate surface area is 139 Å². The molecule has 0 spiro atoms. The largest absolute Gasteiger partial charge is 0.348 e. The molecule has 2 atom stereocenters. The molecule has 1 aromatic rings. The Morgan fingerprint density at radius 1 is 1.13 bits per heavy atom. The van der Waals surface area contributed by atoms with Gasteiger partial charge >= 0.3 is 0 Å². The average molecular weight is 341 g/mol. The first-order valence-corrected chi connectivity index (χ1v) is 9.16. The topological polar surface area (TPSA) is 92.5 Å². The van der Waals surface area contributed by atoms with Crippen LogP contribution in [0.4, 0.5) is 0 Å². The van der Waals surface area contributed by atoms with Gasteiger partial charge in [-0.3, -0.25) is 4.79 Å². The zero-order chi connectivity index (χ0) is 17.8. The maximum absolute atomic E-state index is 12.1. The molecule has 0 fully saturated rings. The summed E-state index contributed by atoms with van der Waals surface area (Å²) in [6.07, 6.45) is 0. The molecule has 0 radical (unpaired) electrons. The number of sulfonamides is 1. The highest BCUT2D eigenvalue weighted by Crippen LogP contribution is 2.17. The molecule has 0 aliphatic rings. The number of rotatable bonds is 7. The van der Waals surface area contributed by atoms with Crippen molar-refractivity contribution in [2.45, 2.75) is 38.0 Å². The zero-order valence-corrected chi connectivity index (χ0v) is 15.2. The SMILES string of the molecule is CC(C)c1ccc(C(N)CNS(=O)(=O)C(C)C(=O)N(C)C)cc1. The van der Waals surface area contributed by atoms with E-state index in [4.69, 9.17) is 5.73 Å². The van der Waals surface area contributed by atoms with Crippen LogP contribution < -0.4 is 10.5 Å². The molecule has 0 bridgehead atoms. The Balaban J connectivity index is 2.71. The maximum Gasteiger partial charge on any atom is 0.241 e. The quantitative estimate of drug-likeness (QED) is 0.779. The van der Waals surface area contributed by atoms with Crippen molar-refractivity contribution < 1.29 is 13.2 Å². The fourth-order valence-electron chi connectivity index (χ4n) is 2.07. The van der Waals surface area contributed by atoms with Crippen molar-refractivity contribution in [2.75, 3.05) is 20.6 Å². The van der Waals surface area contributed by atoms with Gasteiger partial charge in [0, 0.05) is 26.7 Å². The lowest BCUT2D eigenvalue weighted by Gasteiger charge is -2.19. The first kappa shape index (κ1) is 19.6. The molecule has 0 saturated carbocycles. The minimum absolute atomic E-state index is 0.0500. The molecule has 2 unspecified atom stereocenters. The van der Waals surface area contributed by atoms with E-state index in [1.807, 2.05) is 24.3 Å². The van der Waals surface area contributed by atoms with Crippen molar-refractivity contribution in [2.24, 2.45) is 5.73 Å². The summed E-state index contributed by atoms with van der Waals surface area (Å²) in [6.45, 7) is 5.63. The Hall–Kier alpha value is -1.44. The molecule has 23 heavy (non-hydrogen) atoms. The van der Waals surface area contributed by atoms with Crippen LogP contribution in [0.5, 0.6) is 0 Å². The predicted octanol–water partition coefficient (Wildman–Crippen LogP) is 1.21. The number of nitrogens with zero attached hydrogens (tertiary/aromatic N) is 1. The minimum atomic E-state index is -3.75. The highest BCUT2D eigenvalue weighted by atomic mass is 32.2. The molecular formula is C16H27N3O3S. The van der Waals surface area contributed by atoms with E-state index in [-0.39, 0.29) is 6.54 Å². The molecule has 130 valence electrons. The normalized spacial score (nSPS) is 14.6. The predicted molar refractivity (Wildman–Crippen MR) is 92.5 cm³/mol. The molecule has 1 aromatic carbocycles. The molecule has 1 rings (SSSR count). The number of hydrogen-bond donors (Lipinski definition) is 2. The van der Waals surface area contributed by atoms with Crippen LogP contribution in [0.3, 0.4) is 0 Å². The van der Waals surface area contributed by atoms with E-state index in [0.29, 0.717) is 5.92 Å². The number of nitrogens with one attached hydrogen (secondary N) is 1. The third-order valence-corrected chi connectivity index (χ3v) is 5.49. The van der Waals surface area contributed by atoms with E-state index in [1.54, 1.807) is 0 Å². The van der Waals surface area contributed by atoms with Crippen LogP contribution in [-0.4, -0.2) is 45.1 Å². The summed E-state index contributed by atoms with van der Waals surface area (Å²) in [5, 5.41) is -1.15. The van der Waals surface area contributed by atoms with Gasteiger partial charge in [0.15, 0.2) is 5.25 Å². The van der Waals surface area contributed by atoms with Gasteiger partial charge in [0.1, 0.15) is 0 Å². The Morgan fingerprint density at radius 3 is 2.04 bits per heavy atom.